The average molecular weight is 490 g/mol. The number of carbonyl (C=O) groups excluding carboxylic acids is 1. The van der Waals surface area contributed by atoms with E-state index in [1.807, 2.05) is 79.1 Å². The van der Waals surface area contributed by atoms with E-state index in [2.05, 4.69) is 20.5 Å². The molecular formula is C26H27N5O3S. The first-order chi connectivity index (χ1) is 17.2. The van der Waals surface area contributed by atoms with Crippen molar-refractivity contribution in [2.45, 2.75) is 19.0 Å². The molecule has 35 heavy (non-hydrogen) atoms. The molecule has 4 rings (SSSR count). The third-order valence-electron chi connectivity index (χ3n) is 5.07. The highest BCUT2D eigenvalue weighted by Gasteiger charge is 2.18. The summed E-state index contributed by atoms with van der Waals surface area (Å²) in [5, 5.41) is 12.3. The van der Waals surface area contributed by atoms with Crippen LogP contribution in [-0.4, -0.2) is 51.2 Å². The number of ether oxygens (including phenoxy) is 2. The molecule has 0 aliphatic rings. The van der Waals surface area contributed by atoms with Crippen molar-refractivity contribution in [2.75, 3.05) is 25.5 Å². The Bertz CT molecular complexity index is 1250. The molecule has 0 radical (unpaired) electrons. The van der Waals surface area contributed by atoms with E-state index in [-0.39, 0.29) is 11.7 Å². The van der Waals surface area contributed by atoms with Crippen LogP contribution in [0.15, 0.2) is 78.2 Å². The number of benzene rings is 2. The van der Waals surface area contributed by atoms with Gasteiger partial charge in [0.1, 0.15) is 18.1 Å². The fraction of sp³-hybridized carbons (Fsp3) is 0.231. The van der Waals surface area contributed by atoms with Crippen LogP contribution < -0.4 is 14.8 Å². The fourth-order valence-electron chi connectivity index (χ4n) is 3.42. The molecule has 0 atom stereocenters. The average Bonchev–Trinajstić information content (AvgIpc) is 3.31. The second-order valence-electron chi connectivity index (χ2n) is 7.56. The summed E-state index contributed by atoms with van der Waals surface area (Å²) in [6.45, 7) is 5.37. The van der Waals surface area contributed by atoms with Crippen molar-refractivity contribution in [2.24, 2.45) is 0 Å². The number of hydrogen-bond donors (Lipinski definition) is 1. The van der Waals surface area contributed by atoms with Gasteiger partial charge >= 0.3 is 0 Å². The van der Waals surface area contributed by atoms with Gasteiger partial charge < -0.3 is 14.8 Å². The number of pyridine rings is 1. The van der Waals surface area contributed by atoms with E-state index < -0.39 is 0 Å². The van der Waals surface area contributed by atoms with Crippen LogP contribution in [0.3, 0.4) is 0 Å². The maximum atomic E-state index is 12.5. The van der Waals surface area contributed by atoms with Crippen molar-refractivity contribution in [1.82, 2.24) is 25.1 Å². The smallest absolute Gasteiger partial charge is 0.230 e. The Balaban J connectivity index is 1.35. The molecule has 9 heteroatoms. The number of aromatic nitrogens is 4. The van der Waals surface area contributed by atoms with Gasteiger partial charge in [-0.25, -0.2) is 0 Å². The minimum Gasteiger partial charge on any atom is -0.494 e. The minimum atomic E-state index is -0.104. The number of rotatable bonds is 11. The zero-order chi connectivity index (χ0) is 24.5. The number of nitrogens with zero attached hydrogens (tertiary/aromatic N) is 4. The summed E-state index contributed by atoms with van der Waals surface area (Å²) in [5.74, 6) is 2.31. The van der Waals surface area contributed by atoms with Gasteiger partial charge in [-0.05, 0) is 61.9 Å². The van der Waals surface area contributed by atoms with E-state index >= 15 is 0 Å². The molecule has 0 spiro atoms. The summed E-state index contributed by atoms with van der Waals surface area (Å²) in [4.78, 5) is 16.7. The summed E-state index contributed by atoms with van der Waals surface area (Å²) in [6.07, 6.45) is 3.47. The molecule has 1 amide bonds. The summed E-state index contributed by atoms with van der Waals surface area (Å²) < 4.78 is 13.1. The largest absolute Gasteiger partial charge is 0.494 e. The zero-order valence-electron chi connectivity index (χ0n) is 19.7. The summed E-state index contributed by atoms with van der Waals surface area (Å²) in [5.41, 5.74) is 2.89. The Hall–Kier alpha value is -3.85. The number of amides is 1. The van der Waals surface area contributed by atoms with E-state index in [1.165, 1.54) is 11.8 Å². The second-order valence-corrected chi connectivity index (χ2v) is 8.50. The minimum absolute atomic E-state index is 0.104. The van der Waals surface area contributed by atoms with E-state index in [0.717, 1.165) is 28.3 Å². The third-order valence-corrected chi connectivity index (χ3v) is 6.00. The highest BCUT2D eigenvalue weighted by molar-refractivity contribution is 7.99. The Morgan fingerprint density at radius 3 is 2.49 bits per heavy atom. The van der Waals surface area contributed by atoms with Gasteiger partial charge in [-0.1, -0.05) is 30.0 Å². The molecule has 180 valence electrons. The molecule has 0 unspecified atom stereocenters. The Morgan fingerprint density at radius 2 is 1.77 bits per heavy atom. The lowest BCUT2D eigenvalue weighted by Gasteiger charge is -2.13. The first-order valence-corrected chi connectivity index (χ1v) is 12.3. The van der Waals surface area contributed by atoms with Gasteiger partial charge in [0.05, 0.1) is 24.6 Å². The van der Waals surface area contributed by atoms with Crippen LogP contribution in [0, 0.1) is 6.92 Å². The predicted molar refractivity (Wildman–Crippen MR) is 136 cm³/mol. The molecule has 2 heterocycles. The normalized spacial score (nSPS) is 10.7. The number of aryl methyl sites for hydroxylation is 1. The lowest BCUT2D eigenvalue weighted by Crippen LogP contribution is -2.29. The Labute approximate surface area is 208 Å². The molecule has 0 aliphatic carbocycles. The van der Waals surface area contributed by atoms with Crippen molar-refractivity contribution in [3.63, 3.8) is 0 Å². The molecule has 0 bridgehead atoms. The van der Waals surface area contributed by atoms with E-state index in [4.69, 9.17) is 9.47 Å². The molecule has 4 aromatic rings. The number of para-hydroxylation sites is 1. The second kappa shape index (κ2) is 12.0. The zero-order valence-corrected chi connectivity index (χ0v) is 20.5. The van der Waals surface area contributed by atoms with Crippen LogP contribution in [0.5, 0.6) is 11.5 Å². The summed E-state index contributed by atoms with van der Waals surface area (Å²) in [7, 11) is 0. The Kier molecular flexibility index (Phi) is 8.34. The van der Waals surface area contributed by atoms with Gasteiger partial charge in [0.15, 0.2) is 11.0 Å². The number of hydrogen-bond acceptors (Lipinski definition) is 7. The molecular weight excluding hydrogens is 462 g/mol. The van der Waals surface area contributed by atoms with Crippen molar-refractivity contribution < 1.29 is 14.3 Å². The van der Waals surface area contributed by atoms with Crippen LogP contribution in [0.25, 0.3) is 17.1 Å². The fourth-order valence-corrected chi connectivity index (χ4v) is 4.19. The molecule has 2 aromatic carbocycles. The SMILES string of the molecule is CCOc1ccc(OCCNC(=O)CSc2nnc(-c3cccnc3)n2-c2ccccc2C)cc1. The molecule has 2 aromatic heterocycles. The van der Waals surface area contributed by atoms with Crippen LogP contribution >= 0.6 is 11.8 Å². The number of nitrogens with one attached hydrogen (secondary N) is 1. The van der Waals surface area contributed by atoms with E-state index in [1.54, 1.807) is 12.4 Å². The quantitative estimate of drug-likeness (QED) is 0.248. The summed E-state index contributed by atoms with van der Waals surface area (Å²) >= 11 is 1.34. The Morgan fingerprint density at radius 1 is 1.00 bits per heavy atom. The van der Waals surface area contributed by atoms with Crippen molar-refractivity contribution >= 4 is 17.7 Å². The first kappa shape index (κ1) is 24.3. The standard InChI is InChI=1S/C26H27N5O3S/c1-3-33-21-10-12-22(13-11-21)34-16-15-28-24(32)18-35-26-30-29-25(20-8-6-14-27-17-20)31(26)23-9-5-4-7-19(23)2/h4-14,17H,3,15-16,18H2,1-2H3,(H,28,32). The first-order valence-electron chi connectivity index (χ1n) is 11.3. The lowest BCUT2D eigenvalue weighted by molar-refractivity contribution is -0.118. The molecule has 0 aliphatic heterocycles. The van der Waals surface area contributed by atoms with Gasteiger partial charge in [0, 0.05) is 18.0 Å². The van der Waals surface area contributed by atoms with Gasteiger partial charge in [-0.2, -0.15) is 0 Å². The van der Waals surface area contributed by atoms with Gasteiger partial charge in [0.2, 0.25) is 5.91 Å². The van der Waals surface area contributed by atoms with Crippen molar-refractivity contribution in [3.8, 4) is 28.6 Å². The third kappa shape index (κ3) is 6.39. The van der Waals surface area contributed by atoms with Crippen LogP contribution in [0.2, 0.25) is 0 Å². The van der Waals surface area contributed by atoms with Crippen molar-refractivity contribution in [1.29, 1.82) is 0 Å². The molecule has 8 nitrogen and oxygen atoms in total. The van der Waals surface area contributed by atoms with Gasteiger partial charge in [-0.15, -0.1) is 10.2 Å². The van der Waals surface area contributed by atoms with E-state index in [9.17, 15) is 4.79 Å². The number of thioether (sulfide) groups is 1. The van der Waals surface area contributed by atoms with Gasteiger partial charge in [0.25, 0.3) is 0 Å². The maximum absolute atomic E-state index is 12.5. The van der Waals surface area contributed by atoms with Gasteiger partial charge in [-0.3, -0.25) is 14.3 Å². The highest BCUT2D eigenvalue weighted by Crippen LogP contribution is 2.29. The van der Waals surface area contributed by atoms with Crippen LogP contribution in [0.4, 0.5) is 0 Å². The maximum Gasteiger partial charge on any atom is 0.230 e. The number of carbonyl (C=O) groups is 1. The van der Waals surface area contributed by atoms with Crippen LogP contribution in [-0.2, 0) is 4.79 Å². The molecule has 0 saturated heterocycles. The topological polar surface area (TPSA) is 91.2 Å². The molecule has 0 saturated carbocycles. The molecule has 1 N–H and O–H groups in total. The lowest BCUT2D eigenvalue weighted by atomic mass is 10.2. The van der Waals surface area contributed by atoms with E-state index in [0.29, 0.717) is 30.7 Å². The predicted octanol–water partition coefficient (Wildman–Crippen LogP) is 4.32. The highest BCUT2D eigenvalue weighted by atomic mass is 32.2. The monoisotopic (exact) mass is 489 g/mol. The van der Waals surface area contributed by atoms with Crippen LogP contribution in [0.1, 0.15) is 12.5 Å². The summed E-state index contributed by atoms with van der Waals surface area (Å²) in [6, 6.07) is 19.2. The van der Waals surface area contributed by atoms with Crippen molar-refractivity contribution in [3.05, 3.63) is 78.6 Å². The molecule has 0 fully saturated rings.